The first-order valence-electron chi connectivity index (χ1n) is 7.17. The molecule has 24 heavy (non-hydrogen) atoms. The molecule has 3 aromatic rings. The number of nitrogens with two attached hydrogens (primary N) is 1. The van der Waals surface area contributed by atoms with E-state index >= 15 is 0 Å². The van der Waals surface area contributed by atoms with Crippen molar-refractivity contribution in [2.24, 2.45) is 0 Å². The van der Waals surface area contributed by atoms with Gasteiger partial charge in [0.15, 0.2) is 0 Å². The number of hydrogen-bond donors (Lipinski definition) is 2. The number of benzene rings is 2. The standard InChI is InChI=1S/C18H15ClN2O2S/c1-23-14-8-6-13(7-9-14)21-16-10-15(20)18(24-16)17(22)11-2-4-12(19)5-3-11/h2-10,21H,20H2,1H3. The van der Waals surface area contributed by atoms with Crippen LogP contribution in [-0.2, 0) is 0 Å². The Labute approximate surface area is 148 Å². The quantitative estimate of drug-likeness (QED) is 0.632. The van der Waals surface area contributed by atoms with Gasteiger partial charge >= 0.3 is 0 Å². The van der Waals surface area contributed by atoms with Gasteiger partial charge in [-0.05, 0) is 54.6 Å². The van der Waals surface area contributed by atoms with E-state index in [9.17, 15) is 4.79 Å². The average Bonchev–Trinajstić information content (AvgIpc) is 2.96. The molecular formula is C18H15ClN2O2S. The number of carbonyl (C=O) groups excluding carboxylic acids is 1. The zero-order valence-electron chi connectivity index (χ0n) is 12.9. The molecular weight excluding hydrogens is 344 g/mol. The molecule has 3 N–H and O–H groups in total. The molecule has 0 unspecified atom stereocenters. The van der Waals surface area contributed by atoms with Crippen molar-refractivity contribution >= 4 is 45.1 Å². The van der Waals surface area contributed by atoms with Crippen molar-refractivity contribution in [3.8, 4) is 5.75 Å². The smallest absolute Gasteiger partial charge is 0.205 e. The molecule has 1 heterocycles. The molecule has 0 saturated heterocycles. The van der Waals surface area contributed by atoms with Crippen molar-refractivity contribution in [1.29, 1.82) is 0 Å². The van der Waals surface area contributed by atoms with E-state index in [0.717, 1.165) is 16.4 Å². The molecule has 0 spiro atoms. The van der Waals surface area contributed by atoms with Crippen molar-refractivity contribution < 1.29 is 9.53 Å². The van der Waals surface area contributed by atoms with Crippen LogP contribution in [0.4, 0.5) is 16.4 Å². The minimum Gasteiger partial charge on any atom is -0.497 e. The number of nitrogen functional groups attached to an aromatic ring is 1. The second-order valence-corrected chi connectivity index (χ2v) is 6.57. The molecule has 0 aliphatic carbocycles. The van der Waals surface area contributed by atoms with Crippen molar-refractivity contribution in [3.63, 3.8) is 0 Å². The lowest BCUT2D eigenvalue weighted by atomic mass is 10.1. The highest BCUT2D eigenvalue weighted by Gasteiger charge is 2.16. The van der Waals surface area contributed by atoms with Crippen molar-refractivity contribution in [2.45, 2.75) is 0 Å². The minimum absolute atomic E-state index is 0.114. The predicted molar refractivity (Wildman–Crippen MR) is 99.9 cm³/mol. The summed E-state index contributed by atoms with van der Waals surface area (Å²) in [7, 11) is 1.62. The Balaban J connectivity index is 1.81. The van der Waals surface area contributed by atoms with Crippen LogP contribution in [0.5, 0.6) is 5.75 Å². The highest BCUT2D eigenvalue weighted by molar-refractivity contribution is 7.18. The van der Waals surface area contributed by atoms with Gasteiger partial charge in [-0.3, -0.25) is 4.79 Å². The van der Waals surface area contributed by atoms with Crippen LogP contribution in [0, 0.1) is 0 Å². The molecule has 0 atom stereocenters. The van der Waals surface area contributed by atoms with Gasteiger partial charge < -0.3 is 15.8 Å². The van der Waals surface area contributed by atoms with Crippen LogP contribution >= 0.6 is 22.9 Å². The molecule has 0 radical (unpaired) electrons. The van der Waals surface area contributed by atoms with E-state index in [0.29, 0.717) is 21.2 Å². The third kappa shape index (κ3) is 3.53. The molecule has 6 heteroatoms. The van der Waals surface area contributed by atoms with E-state index < -0.39 is 0 Å². The molecule has 1 aromatic heterocycles. The molecule has 0 bridgehead atoms. The summed E-state index contributed by atoms with van der Waals surface area (Å²) in [4.78, 5) is 13.1. The fourth-order valence-electron chi connectivity index (χ4n) is 2.19. The van der Waals surface area contributed by atoms with Crippen molar-refractivity contribution in [3.05, 3.63) is 70.1 Å². The van der Waals surface area contributed by atoms with E-state index in [2.05, 4.69) is 5.32 Å². The predicted octanol–water partition coefficient (Wildman–Crippen LogP) is 4.97. The molecule has 4 nitrogen and oxygen atoms in total. The van der Waals surface area contributed by atoms with Crippen LogP contribution in [0.1, 0.15) is 15.2 Å². The van der Waals surface area contributed by atoms with E-state index in [1.165, 1.54) is 11.3 Å². The van der Waals surface area contributed by atoms with E-state index in [1.807, 2.05) is 24.3 Å². The lowest BCUT2D eigenvalue weighted by Crippen LogP contribution is -2.01. The summed E-state index contributed by atoms with van der Waals surface area (Å²) in [5, 5.41) is 4.63. The summed E-state index contributed by atoms with van der Waals surface area (Å²) < 4.78 is 5.13. The van der Waals surface area contributed by atoms with Crippen LogP contribution in [0.25, 0.3) is 0 Å². The van der Waals surface area contributed by atoms with Gasteiger partial charge in [0, 0.05) is 16.3 Å². The first-order chi connectivity index (χ1) is 11.6. The number of anilines is 3. The average molecular weight is 359 g/mol. The molecule has 122 valence electrons. The Morgan fingerprint density at radius 2 is 1.79 bits per heavy atom. The molecule has 0 aliphatic heterocycles. The SMILES string of the molecule is COc1ccc(Nc2cc(N)c(C(=O)c3ccc(Cl)cc3)s2)cc1. The van der Waals surface area contributed by atoms with Crippen LogP contribution in [-0.4, -0.2) is 12.9 Å². The number of nitrogens with one attached hydrogen (secondary N) is 1. The fourth-order valence-corrected chi connectivity index (χ4v) is 3.28. The maximum Gasteiger partial charge on any atom is 0.205 e. The number of thiophene rings is 1. The third-order valence-electron chi connectivity index (χ3n) is 3.43. The van der Waals surface area contributed by atoms with Gasteiger partial charge in [0.05, 0.1) is 17.8 Å². The lowest BCUT2D eigenvalue weighted by Gasteiger charge is -2.04. The lowest BCUT2D eigenvalue weighted by molar-refractivity contribution is 0.104. The zero-order valence-corrected chi connectivity index (χ0v) is 14.4. The number of carbonyl (C=O) groups is 1. The van der Waals surface area contributed by atoms with Gasteiger partial charge in [0.2, 0.25) is 5.78 Å². The highest BCUT2D eigenvalue weighted by Crippen LogP contribution is 2.33. The molecule has 3 rings (SSSR count). The maximum absolute atomic E-state index is 12.6. The van der Waals surface area contributed by atoms with Crippen LogP contribution < -0.4 is 15.8 Å². The number of ether oxygens (including phenoxy) is 1. The molecule has 0 saturated carbocycles. The van der Waals surface area contributed by atoms with Crippen molar-refractivity contribution in [2.75, 3.05) is 18.2 Å². The summed E-state index contributed by atoms with van der Waals surface area (Å²) in [6.45, 7) is 0. The number of ketones is 1. The largest absolute Gasteiger partial charge is 0.497 e. The Kier molecular flexibility index (Phi) is 4.74. The normalized spacial score (nSPS) is 10.4. The van der Waals surface area contributed by atoms with E-state index in [4.69, 9.17) is 22.1 Å². The van der Waals surface area contributed by atoms with E-state index in [-0.39, 0.29) is 5.78 Å². The Morgan fingerprint density at radius 1 is 1.12 bits per heavy atom. The fraction of sp³-hybridized carbons (Fsp3) is 0.0556. The Bertz CT molecular complexity index is 858. The van der Waals surface area contributed by atoms with Gasteiger partial charge in [-0.15, -0.1) is 11.3 Å². The minimum atomic E-state index is -0.114. The van der Waals surface area contributed by atoms with Gasteiger partial charge in [0.1, 0.15) is 10.6 Å². The first kappa shape index (κ1) is 16.4. The van der Waals surface area contributed by atoms with Gasteiger partial charge in [-0.25, -0.2) is 0 Å². The summed E-state index contributed by atoms with van der Waals surface area (Å²) in [6, 6.07) is 16.0. The molecule has 2 aromatic carbocycles. The third-order valence-corrected chi connectivity index (χ3v) is 4.75. The number of halogens is 1. The number of methoxy groups -OCH3 is 1. The summed E-state index contributed by atoms with van der Waals surface area (Å²) >= 11 is 7.18. The Hall–Kier alpha value is -2.50. The summed E-state index contributed by atoms with van der Waals surface area (Å²) in [5.74, 6) is 0.668. The molecule has 0 amide bonds. The van der Waals surface area contributed by atoms with Crippen LogP contribution in [0.3, 0.4) is 0 Å². The summed E-state index contributed by atoms with van der Waals surface area (Å²) in [5.41, 5.74) is 7.92. The van der Waals surface area contributed by atoms with E-state index in [1.54, 1.807) is 37.4 Å². The maximum atomic E-state index is 12.6. The second-order valence-electron chi connectivity index (χ2n) is 5.08. The topological polar surface area (TPSA) is 64.3 Å². The summed E-state index contributed by atoms with van der Waals surface area (Å²) in [6.07, 6.45) is 0. The Morgan fingerprint density at radius 3 is 2.42 bits per heavy atom. The monoisotopic (exact) mass is 358 g/mol. The number of hydrogen-bond acceptors (Lipinski definition) is 5. The number of rotatable bonds is 5. The van der Waals surface area contributed by atoms with Gasteiger partial charge in [0.25, 0.3) is 0 Å². The van der Waals surface area contributed by atoms with Crippen molar-refractivity contribution in [1.82, 2.24) is 0 Å². The van der Waals surface area contributed by atoms with Crippen LogP contribution in [0.2, 0.25) is 5.02 Å². The van der Waals surface area contributed by atoms with Crippen LogP contribution in [0.15, 0.2) is 54.6 Å². The zero-order chi connectivity index (χ0) is 17.1. The first-order valence-corrected chi connectivity index (χ1v) is 8.37. The molecule has 0 fully saturated rings. The highest BCUT2D eigenvalue weighted by atomic mass is 35.5. The molecule has 0 aliphatic rings. The van der Waals surface area contributed by atoms with Gasteiger partial charge in [-0.1, -0.05) is 11.6 Å². The van der Waals surface area contributed by atoms with Gasteiger partial charge in [-0.2, -0.15) is 0 Å². The second kappa shape index (κ2) is 6.95.